The predicted octanol–water partition coefficient (Wildman–Crippen LogP) is 3.81. The van der Waals surface area contributed by atoms with Crippen molar-refractivity contribution in [1.82, 2.24) is 0 Å². The van der Waals surface area contributed by atoms with Crippen LogP contribution in [0.4, 0.5) is 11.4 Å². The molecule has 0 unspecified atom stereocenters. The predicted molar refractivity (Wildman–Crippen MR) is 95.0 cm³/mol. The molecule has 1 heterocycles. The van der Waals surface area contributed by atoms with Gasteiger partial charge in [-0.15, -0.1) is 0 Å². The number of hydrogen-bond donors (Lipinski definition) is 1. The van der Waals surface area contributed by atoms with E-state index in [-0.39, 0.29) is 5.04 Å². The van der Waals surface area contributed by atoms with Gasteiger partial charge in [-0.1, -0.05) is 20.8 Å². The molecule has 0 atom stereocenters. The van der Waals surface area contributed by atoms with Crippen LogP contribution in [0, 0.1) is 11.3 Å². The van der Waals surface area contributed by atoms with Crippen molar-refractivity contribution in [3.8, 4) is 6.07 Å². The molecule has 1 N–H and O–H groups in total. The Kier molecular flexibility index (Phi) is 4.83. The fraction of sp³-hybridized carbons (Fsp3) is 0.588. The Hall–Kier alpha value is -1.51. The highest BCUT2D eigenvalue weighted by atomic mass is 28.4. The highest BCUT2D eigenvalue weighted by Crippen LogP contribution is 2.36. The number of nitriles is 1. The fourth-order valence-corrected chi connectivity index (χ4v) is 3.35. The third-order valence-corrected chi connectivity index (χ3v) is 9.33. The van der Waals surface area contributed by atoms with Crippen molar-refractivity contribution < 1.29 is 4.43 Å². The van der Waals surface area contributed by atoms with Crippen LogP contribution in [-0.4, -0.2) is 34.6 Å². The monoisotopic (exact) mass is 317 g/mol. The molecule has 0 radical (unpaired) electrons. The minimum Gasteiger partial charge on any atom is -0.415 e. The van der Waals surface area contributed by atoms with Gasteiger partial charge in [0.25, 0.3) is 0 Å². The van der Waals surface area contributed by atoms with Gasteiger partial charge in [-0.2, -0.15) is 5.26 Å². The van der Waals surface area contributed by atoms with Crippen molar-refractivity contribution in [3.05, 3.63) is 23.8 Å². The Labute approximate surface area is 135 Å². The van der Waals surface area contributed by atoms with Crippen molar-refractivity contribution in [1.29, 1.82) is 5.26 Å². The molecule has 0 saturated heterocycles. The number of rotatable bonds is 4. The summed E-state index contributed by atoms with van der Waals surface area (Å²) >= 11 is 0. The summed E-state index contributed by atoms with van der Waals surface area (Å²) in [6, 6.07) is 8.04. The number of nitrogens with one attached hydrogen (secondary N) is 1. The average Bonchev–Trinajstić information content (AvgIpc) is 2.45. The van der Waals surface area contributed by atoms with Crippen LogP contribution in [0.1, 0.15) is 26.3 Å². The molecule has 0 fully saturated rings. The summed E-state index contributed by atoms with van der Waals surface area (Å²) in [5, 5.41) is 12.7. The SMILES string of the molecule is CC(C)(C)[Si](C)(C)OCCN1CCNc2ccc(C#N)cc21. The van der Waals surface area contributed by atoms with Crippen molar-refractivity contribution in [2.75, 3.05) is 36.5 Å². The zero-order chi connectivity index (χ0) is 16.4. The van der Waals surface area contributed by atoms with E-state index in [1.54, 1.807) is 0 Å². The van der Waals surface area contributed by atoms with E-state index >= 15 is 0 Å². The zero-order valence-corrected chi connectivity index (χ0v) is 15.4. The van der Waals surface area contributed by atoms with Crippen molar-refractivity contribution in [2.45, 2.75) is 38.9 Å². The normalized spacial score (nSPS) is 15.0. The van der Waals surface area contributed by atoms with Gasteiger partial charge in [0.15, 0.2) is 8.32 Å². The highest BCUT2D eigenvalue weighted by Gasteiger charge is 2.37. The second-order valence-electron chi connectivity index (χ2n) is 7.37. The summed E-state index contributed by atoms with van der Waals surface area (Å²) in [6.07, 6.45) is 0. The van der Waals surface area contributed by atoms with E-state index in [0.29, 0.717) is 5.56 Å². The molecule has 1 aromatic carbocycles. The third kappa shape index (κ3) is 3.63. The van der Waals surface area contributed by atoms with E-state index in [2.05, 4.69) is 50.2 Å². The number of anilines is 2. The van der Waals surface area contributed by atoms with Gasteiger partial charge in [0.2, 0.25) is 0 Å². The third-order valence-electron chi connectivity index (χ3n) is 4.79. The Balaban J connectivity index is 2.03. The van der Waals surface area contributed by atoms with Gasteiger partial charge in [0, 0.05) is 19.6 Å². The first-order chi connectivity index (χ1) is 10.2. The van der Waals surface area contributed by atoms with Gasteiger partial charge < -0.3 is 14.6 Å². The smallest absolute Gasteiger partial charge is 0.192 e. The van der Waals surface area contributed by atoms with Gasteiger partial charge in [-0.25, -0.2) is 0 Å². The number of fused-ring (bicyclic) bond motifs is 1. The van der Waals surface area contributed by atoms with Gasteiger partial charge in [-0.05, 0) is 36.3 Å². The van der Waals surface area contributed by atoms with Crippen LogP contribution in [0.15, 0.2) is 18.2 Å². The molecule has 0 aromatic heterocycles. The quantitative estimate of drug-likeness (QED) is 0.858. The maximum atomic E-state index is 9.09. The molecular weight excluding hydrogens is 290 g/mol. The molecule has 4 nitrogen and oxygen atoms in total. The molecule has 22 heavy (non-hydrogen) atoms. The molecule has 1 aliphatic heterocycles. The molecule has 0 aliphatic carbocycles. The summed E-state index contributed by atoms with van der Waals surface area (Å²) in [5.74, 6) is 0. The molecular formula is C17H27N3OSi. The topological polar surface area (TPSA) is 48.3 Å². The van der Waals surface area contributed by atoms with Gasteiger partial charge in [0.1, 0.15) is 0 Å². The van der Waals surface area contributed by atoms with E-state index in [1.807, 2.05) is 18.2 Å². The fourth-order valence-electron chi connectivity index (χ4n) is 2.32. The first-order valence-electron chi connectivity index (χ1n) is 7.91. The van der Waals surface area contributed by atoms with Crippen molar-refractivity contribution in [3.63, 3.8) is 0 Å². The summed E-state index contributed by atoms with van der Waals surface area (Å²) in [6.45, 7) is 14.8. The average molecular weight is 318 g/mol. The van der Waals surface area contributed by atoms with Crippen LogP contribution in [0.25, 0.3) is 0 Å². The van der Waals surface area contributed by atoms with Crippen molar-refractivity contribution in [2.24, 2.45) is 0 Å². The van der Waals surface area contributed by atoms with Gasteiger partial charge >= 0.3 is 0 Å². The Morgan fingerprint density at radius 2 is 2.09 bits per heavy atom. The van der Waals surface area contributed by atoms with E-state index in [9.17, 15) is 0 Å². The highest BCUT2D eigenvalue weighted by molar-refractivity contribution is 6.74. The first kappa shape index (κ1) is 16.9. The molecule has 0 amide bonds. The minimum absolute atomic E-state index is 0.238. The van der Waals surface area contributed by atoms with Crippen LogP contribution in [0.2, 0.25) is 18.1 Å². The second-order valence-corrected chi connectivity index (χ2v) is 12.2. The van der Waals surface area contributed by atoms with E-state index in [0.717, 1.165) is 37.6 Å². The maximum Gasteiger partial charge on any atom is 0.192 e. The standard InChI is InChI=1S/C17H27N3OSi/c1-17(2,3)22(4,5)21-11-10-20-9-8-19-15-7-6-14(13-18)12-16(15)20/h6-7,12,19H,8-11H2,1-5H3. The largest absolute Gasteiger partial charge is 0.415 e. The lowest BCUT2D eigenvalue weighted by atomic mass is 10.1. The molecule has 1 aliphatic rings. The summed E-state index contributed by atoms with van der Waals surface area (Å²) in [4.78, 5) is 2.32. The summed E-state index contributed by atoms with van der Waals surface area (Å²) < 4.78 is 6.28. The minimum atomic E-state index is -1.69. The summed E-state index contributed by atoms with van der Waals surface area (Å²) in [7, 11) is -1.69. The van der Waals surface area contributed by atoms with E-state index in [4.69, 9.17) is 9.69 Å². The molecule has 0 bridgehead atoms. The summed E-state index contributed by atoms with van der Waals surface area (Å²) in [5.41, 5.74) is 2.93. The Morgan fingerprint density at radius 3 is 2.73 bits per heavy atom. The maximum absolute atomic E-state index is 9.09. The Morgan fingerprint density at radius 1 is 1.36 bits per heavy atom. The zero-order valence-electron chi connectivity index (χ0n) is 14.4. The van der Waals surface area contributed by atoms with Crippen molar-refractivity contribution >= 4 is 19.7 Å². The van der Waals surface area contributed by atoms with E-state index in [1.165, 1.54) is 0 Å². The number of benzene rings is 1. The molecule has 1 aromatic rings. The second kappa shape index (κ2) is 6.31. The lowest BCUT2D eigenvalue weighted by Gasteiger charge is -2.38. The van der Waals surface area contributed by atoms with Crippen LogP contribution in [-0.2, 0) is 4.43 Å². The first-order valence-corrected chi connectivity index (χ1v) is 10.8. The Bertz CT molecular complexity index is 572. The van der Waals surface area contributed by atoms with Crippen LogP contribution in [0.5, 0.6) is 0 Å². The molecule has 2 rings (SSSR count). The lowest BCUT2D eigenvalue weighted by Crippen LogP contribution is -2.44. The van der Waals surface area contributed by atoms with Gasteiger partial charge in [-0.3, -0.25) is 0 Å². The van der Waals surface area contributed by atoms with Gasteiger partial charge in [0.05, 0.1) is 29.6 Å². The number of nitrogens with zero attached hydrogens (tertiary/aromatic N) is 2. The molecule has 120 valence electrons. The van der Waals surface area contributed by atoms with Crippen LogP contribution < -0.4 is 10.2 Å². The molecule has 0 spiro atoms. The molecule has 5 heteroatoms. The van der Waals surface area contributed by atoms with Crippen LogP contribution in [0.3, 0.4) is 0 Å². The van der Waals surface area contributed by atoms with E-state index < -0.39 is 8.32 Å². The molecule has 0 saturated carbocycles. The lowest BCUT2D eigenvalue weighted by molar-refractivity contribution is 0.294. The van der Waals surface area contributed by atoms with Crippen LogP contribution >= 0.6 is 0 Å². The number of hydrogen-bond acceptors (Lipinski definition) is 4.